The summed E-state index contributed by atoms with van der Waals surface area (Å²) >= 11 is 0. The van der Waals surface area contributed by atoms with Crippen LogP contribution in [0.5, 0.6) is 0 Å². The Balaban J connectivity index is 1.34. The minimum atomic E-state index is -0.741. The van der Waals surface area contributed by atoms with Crippen molar-refractivity contribution in [2.75, 3.05) is 55.1 Å². The van der Waals surface area contributed by atoms with Gasteiger partial charge in [0.15, 0.2) is 6.67 Å². The average Bonchev–Trinajstić information content (AvgIpc) is 3.44. The van der Waals surface area contributed by atoms with Crippen LogP contribution in [0.4, 0.5) is 22.0 Å². The van der Waals surface area contributed by atoms with E-state index in [1.807, 2.05) is 37.5 Å². The summed E-state index contributed by atoms with van der Waals surface area (Å²) in [5.41, 5.74) is 3.04. The number of amidine groups is 1. The van der Waals surface area contributed by atoms with Gasteiger partial charge < -0.3 is 30.7 Å². The van der Waals surface area contributed by atoms with Gasteiger partial charge in [0.25, 0.3) is 11.7 Å². The Labute approximate surface area is 233 Å². The van der Waals surface area contributed by atoms with Crippen LogP contribution < -0.4 is 25.8 Å². The van der Waals surface area contributed by atoms with Gasteiger partial charge >= 0.3 is 6.03 Å². The Bertz CT molecular complexity index is 1360. The van der Waals surface area contributed by atoms with Crippen LogP contribution in [0.15, 0.2) is 65.8 Å². The molecule has 0 aliphatic carbocycles. The number of carbonyl (C=O) groups excluding carboxylic acids is 2. The van der Waals surface area contributed by atoms with E-state index in [2.05, 4.69) is 30.8 Å². The third-order valence-electron chi connectivity index (χ3n) is 6.95. The van der Waals surface area contributed by atoms with Gasteiger partial charge in [-0.1, -0.05) is 6.07 Å². The Morgan fingerprint density at radius 1 is 1.18 bits per heavy atom. The molecule has 1 fully saturated rings. The number of rotatable bonds is 7. The Morgan fingerprint density at radius 3 is 2.70 bits per heavy atom. The third kappa shape index (κ3) is 5.98. The van der Waals surface area contributed by atoms with Crippen molar-refractivity contribution in [1.29, 1.82) is 0 Å². The van der Waals surface area contributed by atoms with Gasteiger partial charge in [-0.2, -0.15) is 4.99 Å². The molecule has 0 spiro atoms. The molecule has 3 aliphatic rings. The lowest BCUT2D eigenvalue weighted by atomic mass is 10.1. The fourth-order valence-electron chi connectivity index (χ4n) is 4.68. The molecular formula is C28H35N8O4+. The van der Waals surface area contributed by atoms with Crippen molar-refractivity contribution in [2.24, 2.45) is 4.99 Å². The molecule has 1 aromatic carbocycles. The summed E-state index contributed by atoms with van der Waals surface area (Å²) in [5.74, 6) is 1.38. The smallest absolute Gasteiger partial charge is 0.319 e. The molecule has 1 atom stereocenters. The van der Waals surface area contributed by atoms with Crippen molar-refractivity contribution >= 4 is 35.0 Å². The monoisotopic (exact) mass is 547 g/mol. The van der Waals surface area contributed by atoms with E-state index in [0.717, 1.165) is 27.7 Å². The highest BCUT2D eigenvalue weighted by Gasteiger charge is 2.32. The molecule has 0 radical (unpaired) electrons. The molecule has 5 rings (SSSR count). The van der Waals surface area contributed by atoms with Gasteiger partial charge in [0, 0.05) is 31.2 Å². The number of hydrogen-bond donors (Lipinski definition) is 5. The van der Waals surface area contributed by atoms with E-state index in [1.54, 1.807) is 43.3 Å². The number of morpholine rings is 1. The molecule has 12 heteroatoms. The van der Waals surface area contributed by atoms with E-state index in [4.69, 9.17) is 4.74 Å². The highest BCUT2D eigenvalue weighted by Crippen LogP contribution is 2.28. The van der Waals surface area contributed by atoms with Gasteiger partial charge in [-0.25, -0.2) is 14.7 Å². The maximum atomic E-state index is 12.8. The Kier molecular flexibility index (Phi) is 7.83. The largest absolute Gasteiger partial charge is 0.394 e. The maximum absolute atomic E-state index is 12.8. The number of amides is 3. The number of fused-ring (bicyclic) bond motifs is 1. The van der Waals surface area contributed by atoms with Crippen LogP contribution in [0.2, 0.25) is 0 Å². The molecule has 1 aromatic heterocycles. The van der Waals surface area contributed by atoms with Crippen LogP contribution >= 0.6 is 0 Å². The van der Waals surface area contributed by atoms with E-state index in [-0.39, 0.29) is 18.5 Å². The van der Waals surface area contributed by atoms with E-state index < -0.39 is 5.54 Å². The van der Waals surface area contributed by atoms with Crippen LogP contribution in [0.3, 0.4) is 0 Å². The number of ether oxygens (including phenoxy) is 1. The maximum Gasteiger partial charge on any atom is 0.319 e. The summed E-state index contributed by atoms with van der Waals surface area (Å²) in [7, 11) is 0. The van der Waals surface area contributed by atoms with Crippen LogP contribution in [-0.2, 0) is 4.74 Å². The predicted octanol–water partition coefficient (Wildman–Crippen LogP) is 1.25. The molecule has 2 aromatic rings. The molecule has 40 heavy (non-hydrogen) atoms. The zero-order chi connectivity index (χ0) is 28.3. The molecule has 5 N–H and O–H groups in total. The molecule has 1 saturated heterocycles. The number of benzene rings is 1. The fraction of sp³-hybridized carbons (Fsp3) is 0.357. The van der Waals surface area contributed by atoms with Crippen molar-refractivity contribution in [1.82, 2.24) is 15.2 Å². The number of aliphatic hydroxyl groups excluding tert-OH is 1. The first-order chi connectivity index (χ1) is 19.2. The molecule has 210 valence electrons. The summed E-state index contributed by atoms with van der Waals surface area (Å²) in [6.45, 7) is 8.13. The predicted molar refractivity (Wildman–Crippen MR) is 152 cm³/mol. The number of aliphatic hydroxyl groups is 1. The van der Waals surface area contributed by atoms with Crippen molar-refractivity contribution < 1.29 is 24.3 Å². The van der Waals surface area contributed by atoms with Gasteiger partial charge in [-0.15, -0.1) is 0 Å². The molecular weight excluding hydrogens is 512 g/mol. The lowest BCUT2D eigenvalue weighted by molar-refractivity contribution is -0.743. The Hall–Kier alpha value is -4.26. The number of pyridine rings is 1. The second-order valence-electron chi connectivity index (χ2n) is 10.5. The number of nitrogens with zero attached hydrogens (tertiary/aromatic N) is 4. The normalized spacial score (nSPS) is 18.6. The van der Waals surface area contributed by atoms with Crippen LogP contribution in [-0.4, -0.2) is 77.9 Å². The van der Waals surface area contributed by atoms with Gasteiger partial charge in [0.1, 0.15) is 17.7 Å². The second-order valence-corrected chi connectivity index (χ2v) is 10.5. The van der Waals surface area contributed by atoms with Crippen LogP contribution in [0, 0.1) is 6.92 Å². The summed E-state index contributed by atoms with van der Waals surface area (Å²) in [6.07, 6.45) is 7.32. The van der Waals surface area contributed by atoms with Gasteiger partial charge in [-0.3, -0.25) is 9.69 Å². The topological polar surface area (TPSA) is 136 Å². The molecule has 12 nitrogen and oxygen atoms in total. The minimum absolute atomic E-state index is 0.0528. The van der Waals surface area contributed by atoms with Crippen molar-refractivity contribution in [2.45, 2.75) is 26.3 Å². The van der Waals surface area contributed by atoms with Crippen LogP contribution in [0.25, 0.3) is 0 Å². The molecule has 0 saturated carbocycles. The van der Waals surface area contributed by atoms with Crippen molar-refractivity contribution in [3.05, 3.63) is 72.0 Å². The van der Waals surface area contributed by atoms with E-state index >= 15 is 0 Å². The number of aliphatic imine (C=N–C) groups is 1. The molecule has 4 heterocycles. The summed E-state index contributed by atoms with van der Waals surface area (Å²) in [5, 5.41) is 18.5. The number of urea groups is 1. The lowest BCUT2D eigenvalue weighted by Gasteiger charge is -2.31. The average molecular weight is 548 g/mol. The van der Waals surface area contributed by atoms with Crippen molar-refractivity contribution in [3.63, 3.8) is 0 Å². The minimum Gasteiger partial charge on any atom is -0.394 e. The van der Waals surface area contributed by atoms with Gasteiger partial charge in [0.2, 0.25) is 0 Å². The highest BCUT2D eigenvalue weighted by molar-refractivity contribution is 5.98. The molecule has 3 aliphatic heterocycles. The first-order valence-corrected chi connectivity index (χ1v) is 13.2. The van der Waals surface area contributed by atoms with Crippen molar-refractivity contribution in [3.8, 4) is 0 Å². The molecule has 1 unspecified atom stereocenters. The zero-order valence-corrected chi connectivity index (χ0v) is 22.9. The second kappa shape index (κ2) is 11.5. The number of quaternary nitrogens is 1. The SMILES string of the molecule is Cc1c(NC(=O)NC(C)(C)CO)cccc1N1C=C(Nc2ccc(C(=O)N3CCOCC3)cn2)C2=NC=C[NH+]2C1. The standard InChI is InChI=1S/C28H34N8O4/c1-19-21(32-27(39)33-28(2,3)17-37)5-4-6-23(19)36-16-22(25-29-9-10-35(25)18-36)31-24-8-7-20(15-30-24)26(38)34-11-13-40-14-12-34/h4-10,15-16,37H,11-14,17-18H2,1-3H3,(H,30,31)(H2,32,33,39)/p+1. The number of carbonyl (C=O) groups is 2. The summed E-state index contributed by atoms with van der Waals surface area (Å²) < 4.78 is 5.34. The third-order valence-corrected chi connectivity index (χ3v) is 6.95. The zero-order valence-electron chi connectivity index (χ0n) is 22.9. The van der Waals surface area contributed by atoms with Gasteiger partial charge in [-0.05, 0) is 50.6 Å². The van der Waals surface area contributed by atoms with E-state index in [1.165, 1.54) is 0 Å². The van der Waals surface area contributed by atoms with E-state index in [9.17, 15) is 14.7 Å². The molecule has 3 amide bonds. The number of hydrogen-bond acceptors (Lipinski definition) is 8. The number of nitrogens with one attached hydrogen (secondary N) is 4. The molecule has 0 bridgehead atoms. The highest BCUT2D eigenvalue weighted by atomic mass is 16.5. The quantitative estimate of drug-likeness (QED) is 0.352. The first kappa shape index (κ1) is 27.3. The summed E-state index contributed by atoms with van der Waals surface area (Å²) in [6, 6.07) is 8.90. The Morgan fingerprint density at radius 2 is 1.98 bits per heavy atom. The number of aromatic nitrogens is 1. The first-order valence-electron chi connectivity index (χ1n) is 13.2. The summed E-state index contributed by atoms with van der Waals surface area (Å²) in [4.78, 5) is 39.3. The number of anilines is 3. The fourth-order valence-corrected chi connectivity index (χ4v) is 4.68. The lowest BCUT2D eigenvalue weighted by Crippen LogP contribution is -3.12. The van der Waals surface area contributed by atoms with E-state index in [0.29, 0.717) is 50.0 Å². The van der Waals surface area contributed by atoms with Crippen LogP contribution in [0.1, 0.15) is 29.8 Å². The van der Waals surface area contributed by atoms with Gasteiger partial charge in [0.05, 0.1) is 42.8 Å².